The van der Waals surface area contributed by atoms with Crippen molar-refractivity contribution in [2.24, 2.45) is 0 Å². The number of carboxylic acid groups (broad SMARTS) is 1. The molecular weight excluding hydrogens is 406 g/mol. The molecule has 0 atom stereocenters. The van der Waals surface area contributed by atoms with Gasteiger partial charge in [0.2, 0.25) is 0 Å². The van der Waals surface area contributed by atoms with Crippen LogP contribution in [0.3, 0.4) is 0 Å². The summed E-state index contributed by atoms with van der Waals surface area (Å²) >= 11 is 0. The van der Waals surface area contributed by atoms with Gasteiger partial charge in [0.1, 0.15) is 11.6 Å². The van der Waals surface area contributed by atoms with E-state index < -0.39 is 11.6 Å². The molecule has 7 nitrogen and oxygen atoms in total. The Morgan fingerprint density at radius 2 is 1.72 bits per heavy atom. The molecule has 0 aliphatic carbocycles. The number of carbonyl (C=O) groups is 1. The van der Waals surface area contributed by atoms with Crippen molar-refractivity contribution in [3.63, 3.8) is 0 Å². The predicted molar refractivity (Wildman–Crippen MR) is 123 cm³/mol. The van der Waals surface area contributed by atoms with Crippen molar-refractivity contribution in [2.45, 2.75) is 65.1 Å². The van der Waals surface area contributed by atoms with Gasteiger partial charge in [0, 0.05) is 13.0 Å². The number of aliphatic carboxylic acids is 1. The van der Waals surface area contributed by atoms with Crippen molar-refractivity contribution in [1.82, 2.24) is 14.3 Å². The lowest BCUT2D eigenvalue weighted by molar-refractivity contribution is -0.152. The summed E-state index contributed by atoms with van der Waals surface area (Å²) < 4.78 is 8.89. The second kappa shape index (κ2) is 10.3. The van der Waals surface area contributed by atoms with E-state index >= 15 is 0 Å². The van der Waals surface area contributed by atoms with Crippen molar-refractivity contribution < 1.29 is 14.6 Å². The summed E-state index contributed by atoms with van der Waals surface area (Å²) in [6.45, 7) is 6.21. The molecule has 0 unspecified atom stereocenters. The topological polar surface area (TPSA) is 86.3 Å². The molecule has 1 aromatic heterocycles. The van der Waals surface area contributed by atoms with E-state index in [9.17, 15) is 14.7 Å². The van der Waals surface area contributed by atoms with Crippen LogP contribution in [-0.4, -0.2) is 31.0 Å². The number of rotatable bonds is 11. The van der Waals surface area contributed by atoms with Gasteiger partial charge < -0.3 is 9.84 Å². The summed E-state index contributed by atoms with van der Waals surface area (Å²) in [5, 5.41) is 13.8. The molecule has 0 amide bonds. The van der Waals surface area contributed by atoms with Crippen LogP contribution in [0.15, 0.2) is 59.4 Å². The molecule has 3 rings (SSSR count). The summed E-state index contributed by atoms with van der Waals surface area (Å²) in [5.41, 5.74) is 0.858. The van der Waals surface area contributed by atoms with Crippen molar-refractivity contribution in [3.8, 4) is 5.75 Å². The van der Waals surface area contributed by atoms with E-state index in [2.05, 4.69) is 5.10 Å². The molecular formula is C25H31N3O4. The third-order valence-corrected chi connectivity index (χ3v) is 5.30. The smallest absolute Gasteiger partial charge is 0.347 e. The highest BCUT2D eigenvalue weighted by atomic mass is 16.5. The van der Waals surface area contributed by atoms with Crippen LogP contribution in [0.1, 0.15) is 50.6 Å². The Labute approximate surface area is 188 Å². The zero-order chi connectivity index (χ0) is 23.1. The lowest BCUT2D eigenvalue weighted by atomic mass is 10.1. The molecule has 0 saturated heterocycles. The molecule has 2 aromatic carbocycles. The summed E-state index contributed by atoms with van der Waals surface area (Å²) in [6.07, 6.45) is 3.22. The average molecular weight is 438 g/mol. The SMILES string of the molecule is CCCn1nc(CCCc2ccc(OC(C)(C)C(=O)O)cc2)n(Cc2ccccc2)c1=O. The molecule has 0 saturated carbocycles. The Hall–Kier alpha value is -3.35. The lowest BCUT2D eigenvalue weighted by Crippen LogP contribution is -2.37. The molecule has 32 heavy (non-hydrogen) atoms. The van der Waals surface area contributed by atoms with Gasteiger partial charge in [-0.05, 0) is 56.4 Å². The largest absolute Gasteiger partial charge is 0.478 e. The molecule has 1 N–H and O–H groups in total. The van der Waals surface area contributed by atoms with Gasteiger partial charge in [0.05, 0.1) is 6.54 Å². The quantitative estimate of drug-likeness (QED) is 0.491. The van der Waals surface area contributed by atoms with Crippen LogP contribution >= 0.6 is 0 Å². The first kappa shape index (κ1) is 23.3. The Kier molecular flexibility index (Phi) is 7.51. The van der Waals surface area contributed by atoms with E-state index in [1.54, 1.807) is 21.4 Å². The minimum Gasteiger partial charge on any atom is -0.478 e. The lowest BCUT2D eigenvalue weighted by Gasteiger charge is -2.21. The van der Waals surface area contributed by atoms with Crippen LogP contribution in [0, 0.1) is 0 Å². The highest BCUT2D eigenvalue weighted by molar-refractivity contribution is 5.76. The molecule has 0 fully saturated rings. The predicted octanol–water partition coefficient (Wildman–Crippen LogP) is 3.92. The van der Waals surface area contributed by atoms with Gasteiger partial charge in [0.15, 0.2) is 5.60 Å². The van der Waals surface area contributed by atoms with E-state index in [0.717, 1.165) is 36.2 Å². The van der Waals surface area contributed by atoms with Crippen molar-refractivity contribution in [2.75, 3.05) is 0 Å². The van der Waals surface area contributed by atoms with E-state index in [1.807, 2.05) is 49.4 Å². The second-order valence-corrected chi connectivity index (χ2v) is 8.41. The molecule has 1 heterocycles. The first-order valence-corrected chi connectivity index (χ1v) is 11.0. The molecule has 0 radical (unpaired) electrons. The summed E-state index contributed by atoms with van der Waals surface area (Å²) in [6, 6.07) is 17.4. The fraction of sp³-hybridized carbons (Fsp3) is 0.400. The number of aromatic nitrogens is 3. The molecule has 7 heteroatoms. The van der Waals surface area contributed by atoms with Crippen LogP contribution in [0.25, 0.3) is 0 Å². The van der Waals surface area contributed by atoms with Crippen molar-refractivity contribution in [3.05, 3.63) is 82.0 Å². The second-order valence-electron chi connectivity index (χ2n) is 8.41. The van der Waals surface area contributed by atoms with Gasteiger partial charge in [-0.15, -0.1) is 0 Å². The van der Waals surface area contributed by atoms with E-state index in [4.69, 9.17) is 4.74 Å². The molecule has 3 aromatic rings. The fourth-order valence-corrected chi connectivity index (χ4v) is 3.47. The van der Waals surface area contributed by atoms with Crippen LogP contribution in [0.2, 0.25) is 0 Å². The van der Waals surface area contributed by atoms with Crippen molar-refractivity contribution >= 4 is 5.97 Å². The number of ether oxygens (including phenoxy) is 1. The van der Waals surface area contributed by atoms with Gasteiger partial charge in [-0.2, -0.15) is 5.10 Å². The summed E-state index contributed by atoms with van der Waals surface area (Å²) in [7, 11) is 0. The zero-order valence-electron chi connectivity index (χ0n) is 19.0. The number of nitrogens with zero attached hydrogens (tertiary/aromatic N) is 3. The van der Waals surface area contributed by atoms with Crippen LogP contribution < -0.4 is 10.4 Å². The van der Waals surface area contributed by atoms with Gasteiger partial charge >= 0.3 is 11.7 Å². The Balaban J connectivity index is 1.65. The normalized spacial score (nSPS) is 11.5. The van der Waals surface area contributed by atoms with Gasteiger partial charge in [-0.25, -0.2) is 14.3 Å². The van der Waals surface area contributed by atoms with E-state index in [0.29, 0.717) is 25.3 Å². The number of carboxylic acids is 1. The molecule has 0 bridgehead atoms. The van der Waals surface area contributed by atoms with Gasteiger partial charge in [-0.3, -0.25) is 4.57 Å². The third-order valence-electron chi connectivity index (χ3n) is 5.30. The molecule has 0 aliphatic rings. The highest BCUT2D eigenvalue weighted by Gasteiger charge is 2.29. The zero-order valence-corrected chi connectivity index (χ0v) is 19.0. The van der Waals surface area contributed by atoms with E-state index in [1.165, 1.54) is 13.8 Å². The number of aryl methyl sites for hydroxylation is 3. The number of benzene rings is 2. The first-order chi connectivity index (χ1) is 15.3. The van der Waals surface area contributed by atoms with Gasteiger partial charge in [0.25, 0.3) is 0 Å². The Bertz CT molecular complexity index is 1080. The number of hydrogen-bond acceptors (Lipinski definition) is 4. The summed E-state index contributed by atoms with van der Waals surface area (Å²) in [5.74, 6) is 0.317. The molecule has 170 valence electrons. The fourth-order valence-electron chi connectivity index (χ4n) is 3.47. The minimum absolute atomic E-state index is 0.0618. The first-order valence-electron chi connectivity index (χ1n) is 11.0. The maximum absolute atomic E-state index is 12.8. The van der Waals surface area contributed by atoms with Crippen LogP contribution in [-0.2, 0) is 30.7 Å². The maximum atomic E-state index is 12.8. The standard InChI is InChI=1S/C25H31N3O4/c1-4-17-28-24(31)27(18-20-9-6-5-7-10-20)22(26-28)12-8-11-19-13-15-21(16-14-19)32-25(2,3)23(29)30/h5-7,9-10,13-16H,4,8,11-12,17-18H2,1-3H3,(H,29,30). The highest BCUT2D eigenvalue weighted by Crippen LogP contribution is 2.20. The van der Waals surface area contributed by atoms with Crippen molar-refractivity contribution in [1.29, 1.82) is 0 Å². The monoisotopic (exact) mass is 437 g/mol. The Morgan fingerprint density at radius 1 is 1.03 bits per heavy atom. The van der Waals surface area contributed by atoms with Crippen LogP contribution in [0.5, 0.6) is 5.75 Å². The average Bonchev–Trinajstić information content (AvgIpc) is 3.05. The van der Waals surface area contributed by atoms with E-state index in [-0.39, 0.29) is 5.69 Å². The number of hydrogen-bond donors (Lipinski definition) is 1. The minimum atomic E-state index is -1.28. The summed E-state index contributed by atoms with van der Waals surface area (Å²) in [4.78, 5) is 24.0. The maximum Gasteiger partial charge on any atom is 0.347 e. The molecule has 0 aliphatic heterocycles. The van der Waals surface area contributed by atoms with Crippen LogP contribution in [0.4, 0.5) is 0 Å². The van der Waals surface area contributed by atoms with Gasteiger partial charge in [-0.1, -0.05) is 49.4 Å². The Morgan fingerprint density at radius 3 is 2.34 bits per heavy atom. The third kappa shape index (κ3) is 5.87. The molecule has 0 spiro atoms.